The van der Waals surface area contributed by atoms with E-state index in [0.717, 1.165) is 12.2 Å². The highest BCUT2D eigenvalue weighted by Crippen LogP contribution is 2.29. The van der Waals surface area contributed by atoms with E-state index < -0.39 is 0 Å². The standard InChI is InChI=1S/C14H20N2OS/c1-10(2)8-12-4-5-13(18-12)14-15-6-7-16(14)11(3)9-17/h4-7,10-11,17H,8-9H2,1-3H3/t11-/m1/s1. The summed E-state index contributed by atoms with van der Waals surface area (Å²) < 4.78 is 2.03. The van der Waals surface area contributed by atoms with E-state index in [9.17, 15) is 5.11 Å². The van der Waals surface area contributed by atoms with Crippen molar-refractivity contribution in [1.29, 1.82) is 0 Å². The van der Waals surface area contributed by atoms with Crippen LogP contribution >= 0.6 is 11.3 Å². The first-order valence-corrected chi connectivity index (χ1v) is 7.16. The molecule has 98 valence electrons. The predicted octanol–water partition coefficient (Wildman–Crippen LogP) is 3.36. The maximum atomic E-state index is 9.26. The van der Waals surface area contributed by atoms with Crippen LogP contribution in [0.4, 0.5) is 0 Å². The van der Waals surface area contributed by atoms with Gasteiger partial charge in [-0.3, -0.25) is 0 Å². The number of rotatable bonds is 5. The first-order chi connectivity index (χ1) is 8.61. The van der Waals surface area contributed by atoms with Crippen molar-refractivity contribution in [2.24, 2.45) is 5.92 Å². The van der Waals surface area contributed by atoms with Crippen LogP contribution in [0.3, 0.4) is 0 Å². The summed E-state index contributed by atoms with van der Waals surface area (Å²) in [4.78, 5) is 6.98. The monoisotopic (exact) mass is 264 g/mol. The Morgan fingerprint density at radius 2 is 2.11 bits per heavy atom. The summed E-state index contributed by atoms with van der Waals surface area (Å²) in [6.45, 7) is 6.59. The lowest BCUT2D eigenvalue weighted by Crippen LogP contribution is -2.09. The van der Waals surface area contributed by atoms with E-state index in [1.54, 1.807) is 17.5 Å². The maximum Gasteiger partial charge on any atom is 0.150 e. The second kappa shape index (κ2) is 5.67. The average molecular weight is 264 g/mol. The van der Waals surface area contributed by atoms with Gasteiger partial charge in [0.25, 0.3) is 0 Å². The lowest BCUT2D eigenvalue weighted by Gasteiger charge is -2.12. The van der Waals surface area contributed by atoms with Crippen molar-refractivity contribution in [3.05, 3.63) is 29.4 Å². The van der Waals surface area contributed by atoms with E-state index >= 15 is 0 Å². The molecule has 2 aromatic heterocycles. The van der Waals surface area contributed by atoms with Crippen LogP contribution in [-0.2, 0) is 6.42 Å². The Hall–Kier alpha value is -1.13. The minimum atomic E-state index is 0.0677. The molecular formula is C14H20N2OS. The highest BCUT2D eigenvalue weighted by molar-refractivity contribution is 7.15. The minimum Gasteiger partial charge on any atom is -0.394 e. The molecule has 0 saturated heterocycles. The summed E-state index contributed by atoms with van der Waals surface area (Å²) in [6.07, 6.45) is 4.84. The van der Waals surface area contributed by atoms with Crippen molar-refractivity contribution in [3.8, 4) is 10.7 Å². The molecule has 2 rings (SSSR count). The largest absolute Gasteiger partial charge is 0.394 e. The van der Waals surface area contributed by atoms with Crippen LogP contribution in [0.2, 0.25) is 0 Å². The van der Waals surface area contributed by atoms with Gasteiger partial charge in [-0.25, -0.2) is 4.98 Å². The molecule has 18 heavy (non-hydrogen) atoms. The second-order valence-electron chi connectivity index (χ2n) is 5.05. The van der Waals surface area contributed by atoms with Gasteiger partial charge in [-0.1, -0.05) is 13.8 Å². The highest BCUT2D eigenvalue weighted by atomic mass is 32.1. The number of nitrogens with zero attached hydrogens (tertiary/aromatic N) is 2. The van der Waals surface area contributed by atoms with Gasteiger partial charge in [0.2, 0.25) is 0 Å². The fourth-order valence-corrected chi connectivity index (χ4v) is 3.18. The van der Waals surface area contributed by atoms with Crippen LogP contribution in [-0.4, -0.2) is 21.3 Å². The molecule has 0 aromatic carbocycles. The topological polar surface area (TPSA) is 38.0 Å². The van der Waals surface area contributed by atoms with Crippen LogP contribution < -0.4 is 0 Å². The van der Waals surface area contributed by atoms with Gasteiger partial charge in [-0.2, -0.15) is 0 Å². The predicted molar refractivity (Wildman–Crippen MR) is 75.9 cm³/mol. The van der Waals surface area contributed by atoms with E-state index in [-0.39, 0.29) is 12.6 Å². The third kappa shape index (κ3) is 2.82. The molecule has 1 atom stereocenters. The zero-order valence-electron chi connectivity index (χ0n) is 11.1. The Balaban J connectivity index is 2.26. The van der Waals surface area contributed by atoms with Crippen molar-refractivity contribution in [3.63, 3.8) is 0 Å². The lowest BCUT2D eigenvalue weighted by molar-refractivity contribution is 0.240. The molecule has 2 aromatic rings. The summed E-state index contributed by atoms with van der Waals surface area (Å²) in [6, 6.07) is 4.38. The Morgan fingerprint density at radius 1 is 1.33 bits per heavy atom. The maximum absolute atomic E-state index is 9.26. The number of aliphatic hydroxyl groups is 1. The molecule has 0 bridgehead atoms. The molecule has 3 nitrogen and oxygen atoms in total. The van der Waals surface area contributed by atoms with Crippen molar-refractivity contribution < 1.29 is 5.11 Å². The second-order valence-corrected chi connectivity index (χ2v) is 6.22. The van der Waals surface area contributed by atoms with Crippen LogP contribution in [0.5, 0.6) is 0 Å². The Morgan fingerprint density at radius 3 is 2.78 bits per heavy atom. The van der Waals surface area contributed by atoms with Gasteiger partial charge in [-0.05, 0) is 31.4 Å². The number of aromatic nitrogens is 2. The molecule has 1 N–H and O–H groups in total. The summed E-state index contributed by atoms with van der Waals surface area (Å²) in [5.74, 6) is 1.63. The lowest BCUT2D eigenvalue weighted by atomic mass is 10.1. The zero-order chi connectivity index (χ0) is 13.1. The third-order valence-corrected chi connectivity index (χ3v) is 4.00. The van der Waals surface area contributed by atoms with Crippen LogP contribution in [0, 0.1) is 5.92 Å². The molecular weight excluding hydrogens is 244 g/mol. The zero-order valence-corrected chi connectivity index (χ0v) is 11.9. The Kier molecular flexibility index (Phi) is 4.19. The molecule has 0 fully saturated rings. The molecule has 0 saturated carbocycles. The minimum absolute atomic E-state index is 0.0677. The normalized spacial score (nSPS) is 13.2. The quantitative estimate of drug-likeness (QED) is 0.899. The molecule has 0 aliphatic rings. The van der Waals surface area contributed by atoms with E-state index in [4.69, 9.17) is 0 Å². The van der Waals surface area contributed by atoms with E-state index in [1.807, 2.05) is 17.7 Å². The molecule has 0 radical (unpaired) electrons. The van der Waals surface area contributed by atoms with Gasteiger partial charge in [0.1, 0.15) is 5.82 Å². The fourth-order valence-electron chi connectivity index (χ4n) is 1.96. The molecule has 0 aliphatic heterocycles. The third-order valence-electron chi connectivity index (χ3n) is 2.90. The number of imidazole rings is 1. The summed E-state index contributed by atoms with van der Waals surface area (Å²) in [7, 11) is 0. The van der Waals surface area contributed by atoms with Gasteiger partial charge < -0.3 is 9.67 Å². The van der Waals surface area contributed by atoms with Crippen molar-refractivity contribution in [2.45, 2.75) is 33.2 Å². The average Bonchev–Trinajstić information content (AvgIpc) is 2.94. The van der Waals surface area contributed by atoms with Crippen LogP contribution in [0.1, 0.15) is 31.7 Å². The molecule has 4 heteroatoms. The van der Waals surface area contributed by atoms with E-state index in [0.29, 0.717) is 5.92 Å². The molecule has 2 heterocycles. The van der Waals surface area contributed by atoms with E-state index in [1.165, 1.54) is 9.75 Å². The van der Waals surface area contributed by atoms with Crippen molar-refractivity contribution in [1.82, 2.24) is 9.55 Å². The Bertz CT molecular complexity index is 501. The Labute approximate surface area is 112 Å². The van der Waals surface area contributed by atoms with Gasteiger partial charge in [0.15, 0.2) is 0 Å². The van der Waals surface area contributed by atoms with Crippen LogP contribution in [0.25, 0.3) is 10.7 Å². The summed E-state index contributed by atoms with van der Waals surface area (Å²) in [5.41, 5.74) is 0. The number of aliphatic hydroxyl groups excluding tert-OH is 1. The van der Waals surface area contributed by atoms with Gasteiger partial charge >= 0.3 is 0 Å². The first-order valence-electron chi connectivity index (χ1n) is 6.34. The molecule has 0 aliphatic carbocycles. The molecule has 0 amide bonds. The fraction of sp³-hybridized carbons (Fsp3) is 0.500. The van der Waals surface area contributed by atoms with Gasteiger partial charge in [0.05, 0.1) is 17.5 Å². The SMILES string of the molecule is CC(C)Cc1ccc(-c2nccn2[C@H](C)CO)s1. The van der Waals surface area contributed by atoms with Crippen molar-refractivity contribution in [2.75, 3.05) is 6.61 Å². The number of hydrogen-bond acceptors (Lipinski definition) is 3. The van der Waals surface area contributed by atoms with Crippen molar-refractivity contribution >= 4 is 11.3 Å². The number of thiophene rings is 1. The van der Waals surface area contributed by atoms with Crippen LogP contribution in [0.15, 0.2) is 24.5 Å². The van der Waals surface area contributed by atoms with Gasteiger partial charge in [-0.15, -0.1) is 11.3 Å². The first kappa shape index (κ1) is 13.3. The van der Waals surface area contributed by atoms with E-state index in [2.05, 4.69) is 31.0 Å². The van der Waals surface area contributed by atoms with Gasteiger partial charge in [0, 0.05) is 17.3 Å². The summed E-state index contributed by atoms with van der Waals surface area (Å²) >= 11 is 1.80. The smallest absolute Gasteiger partial charge is 0.150 e. The highest BCUT2D eigenvalue weighted by Gasteiger charge is 2.13. The number of hydrogen-bond donors (Lipinski definition) is 1. The molecule has 0 spiro atoms. The molecule has 0 unspecified atom stereocenters. The summed E-state index contributed by atoms with van der Waals surface area (Å²) in [5, 5.41) is 9.26.